The highest BCUT2D eigenvalue weighted by atomic mass is 15.2. The Morgan fingerprint density at radius 2 is 1.94 bits per heavy atom. The molecule has 0 bridgehead atoms. The molecule has 1 aliphatic heterocycles. The average Bonchev–Trinajstić information content (AvgIpc) is 2.45. The molecule has 0 aliphatic carbocycles. The molecule has 1 unspecified atom stereocenters. The second-order valence-electron chi connectivity index (χ2n) is 5.34. The summed E-state index contributed by atoms with van der Waals surface area (Å²) >= 11 is 0. The van der Waals surface area contributed by atoms with Gasteiger partial charge in [-0.3, -0.25) is 0 Å². The van der Waals surface area contributed by atoms with Crippen LogP contribution in [0, 0.1) is 0 Å². The standard InChI is InChI=1S/C16H26N2/c1-3-4-7-14(2)15-8-5-6-9-16(15)18-12-10-17-11-13-18/h5-6,8-9,14,17H,3-4,7,10-13H2,1-2H3. The van der Waals surface area contributed by atoms with Crippen molar-refractivity contribution in [2.45, 2.75) is 39.0 Å². The molecule has 1 saturated heterocycles. The normalized spacial score (nSPS) is 17.8. The molecule has 0 radical (unpaired) electrons. The minimum atomic E-state index is 0.677. The molecule has 2 rings (SSSR count). The largest absolute Gasteiger partial charge is 0.369 e. The first-order valence-electron chi connectivity index (χ1n) is 7.37. The number of nitrogens with one attached hydrogen (secondary N) is 1. The van der Waals surface area contributed by atoms with E-state index in [1.807, 2.05) is 0 Å². The average molecular weight is 246 g/mol. The molecule has 2 nitrogen and oxygen atoms in total. The molecule has 1 aromatic rings. The Morgan fingerprint density at radius 3 is 2.67 bits per heavy atom. The molecule has 18 heavy (non-hydrogen) atoms. The van der Waals surface area contributed by atoms with Crippen molar-refractivity contribution in [1.82, 2.24) is 5.32 Å². The smallest absolute Gasteiger partial charge is 0.0402 e. The van der Waals surface area contributed by atoms with Gasteiger partial charge in [0.1, 0.15) is 0 Å². The first-order valence-corrected chi connectivity index (χ1v) is 7.37. The van der Waals surface area contributed by atoms with E-state index in [4.69, 9.17) is 0 Å². The van der Waals surface area contributed by atoms with Crippen molar-refractivity contribution in [2.24, 2.45) is 0 Å². The van der Waals surface area contributed by atoms with Gasteiger partial charge in [0.25, 0.3) is 0 Å². The van der Waals surface area contributed by atoms with Crippen molar-refractivity contribution in [3.8, 4) is 0 Å². The summed E-state index contributed by atoms with van der Waals surface area (Å²) in [7, 11) is 0. The van der Waals surface area contributed by atoms with E-state index in [1.165, 1.54) is 30.5 Å². The highest BCUT2D eigenvalue weighted by Crippen LogP contribution is 2.30. The monoisotopic (exact) mass is 246 g/mol. The van der Waals surface area contributed by atoms with Gasteiger partial charge in [0.15, 0.2) is 0 Å². The number of piperazine rings is 1. The van der Waals surface area contributed by atoms with Crippen molar-refractivity contribution in [3.05, 3.63) is 29.8 Å². The number of nitrogens with zero attached hydrogens (tertiary/aromatic N) is 1. The molecule has 1 aliphatic rings. The lowest BCUT2D eigenvalue weighted by Crippen LogP contribution is -2.43. The van der Waals surface area contributed by atoms with Crippen molar-refractivity contribution in [2.75, 3.05) is 31.1 Å². The van der Waals surface area contributed by atoms with Gasteiger partial charge in [-0.25, -0.2) is 0 Å². The molecule has 1 atom stereocenters. The first kappa shape index (κ1) is 13.4. The minimum Gasteiger partial charge on any atom is -0.369 e. The zero-order valence-corrected chi connectivity index (χ0v) is 11.8. The second kappa shape index (κ2) is 6.79. The number of anilines is 1. The van der Waals surface area contributed by atoms with Gasteiger partial charge in [0.2, 0.25) is 0 Å². The molecule has 100 valence electrons. The fourth-order valence-corrected chi connectivity index (χ4v) is 2.76. The van der Waals surface area contributed by atoms with Crippen LogP contribution >= 0.6 is 0 Å². The molecule has 1 heterocycles. The first-order chi connectivity index (χ1) is 8.83. The maximum Gasteiger partial charge on any atom is 0.0402 e. The molecule has 0 aromatic heterocycles. The maximum atomic E-state index is 3.43. The molecule has 0 amide bonds. The summed E-state index contributed by atoms with van der Waals surface area (Å²) in [6.45, 7) is 9.13. The van der Waals surface area contributed by atoms with Crippen LogP contribution in [0.2, 0.25) is 0 Å². The molecular weight excluding hydrogens is 220 g/mol. The molecule has 2 heteroatoms. The highest BCUT2D eigenvalue weighted by molar-refractivity contribution is 5.55. The zero-order valence-electron chi connectivity index (χ0n) is 11.8. The quantitative estimate of drug-likeness (QED) is 0.856. The highest BCUT2D eigenvalue weighted by Gasteiger charge is 2.16. The Bertz CT molecular complexity index is 356. The molecular formula is C16H26N2. The van der Waals surface area contributed by atoms with E-state index in [1.54, 1.807) is 0 Å². The van der Waals surface area contributed by atoms with Crippen molar-refractivity contribution in [3.63, 3.8) is 0 Å². The van der Waals surface area contributed by atoms with Crippen LogP contribution in [-0.2, 0) is 0 Å². The van der Waals surface area contributed by atoms with Crippen LogP contribution in [0.5, 0.6) is 0 Å². The Labute approximate surface area is 111 Å². The molecule has 0 spiro atoms. The third-order valence-electron chi connectivity index (χ3n) is 3.92. The van der Waals surface area contributed by atoms with Gasteiger partial charge in [-0.15, -0.1) is 0 Å². The lowest BCUT2D eigenvalue weighted by Gasteiger charge is -2.32. The van der Waals surface area contributed by atoms with E-state index in [9.17, 15) is 0 Å². The van der Waals surface area contributed by atoms with Crippen molar-refractivity contribution >= 4 is 5.69 Å². The van der Waals surface area contributed by atoms with Crippen LogP contribution in [0.1, 0.15) is 44.6 Å². The van der Waals surface area contributed by atoms with Crippen LogP contribution in [0.15, 0.2) is 24.3 Å². The fraction of sp³-hybridized carbons (Fsp3) is 0.625. The topological polar surface area (TPSA) is 15.3 Å². The Hall–Kier alpha value is -1.02. The van der Waals surface area contributed by atoms with Gasteiger partial charge < -0.3 is 10.2 Å². The summed E-state index contributed by atoms with van der Waals surface area (Å²) in [5.41, 5.74) is 3.00. The van der Waals surface area contributed by atoms with E-state index < -0.39 is 0 Å². The van der Waals surface area contributed by atoms with E-state index in [0.717, 1.165) is 26.2 Å². The van der Waals surface area contributed by atoms with Crippen LogP contribution in [0.3, 0.4) is 0 Å². The summed E-state index contributed by atoms with van der Waals surface area (Å²) in [5, 5.41) is 3.43. The van der Waals surface area contributed by atoms with E-state index in [2.05, 4.69) is 48.3 Å². The van der Waals surface area contributed by atoms with Crippen molar-refractivity contribution < 1.29 is 0 Å². The number of hydrogen-bond donors (Lipinski definition) is 1. The van der Waals surface area contributed by atoms with Gasteiger partial charge in [0.05, 0.1) is 0 Å². The molecule has 0 saturated carbocycles. The van der Waals surface area contributed by atoms with E-state index in [-0.39, 0.29) is 0 Å². The second-order valence-corrected chi connectivity index (χ2v) is 5.34. The van der Waals surface area contributed by atoms with Crippen molar-refractivity contribution in [1.29, 1.82) is 0 Å². The lowest BCUT2D eigenvalue weighted by atomic mass is 9.93. The molecule has 1 fully saturated rings. The summed E-state index contributed by atoms with van der Waals surface area (Å²) in [6, 6.07) is 8.97. The fourth-order valence-electron chi connectivity index (χ4n) is 2.76. The Morgan fingerprint density at radius 1 is 1.22 bits per heavy atom. The van der Waals surface area contributed by atoms with Gasteiger partial charge >= 0.3 is 0 Å². The predicted octanol–water partition coefficient (Wildman–Crippen LogP) is 3.39. The van der Waals surface area contributed by atoms with E-state index in [0.29, 0.717) is 5.92 Å². The van der Waals surface area contributed by atoms with Crippen LogP contribution in [-0.4, -0.2) is 26.2 Å². The zero-order chi connectivity index (χ0) is 12.8. The van der Waals surface area contributed by atoms with Gasteiger partial charge in [0, 0.05) is 31.9 Å². The Kier molecular flexibility index (Phi) is 5.06. The SMILES string of the molecule is CCCCC(C)c1ccccc1N1CCNCC1. The third-order valence-corrected chi connectivity index (χ3v) is 3.92. The number of hydrogen-bond acceptors (Lipinski definition) is 2. The van der Waals surface area contributed by atoms with Gasteiger partial charge in [-0.2, -0.15) is 0 Å². The number of rotatable bonds is 5. The number of para-hydroxylation sites is 1. The maximum absolute atomic E-state index is 3.43. The van der Waals surface area contributed by atoms with Crippen LogP contribution < -0.4 is 10.2 Å². The number of benzene rings is 1. The predicted molar refractivity (Wildman–Crippen MR) is 79.5 cm³/mol. The van der Waals surface area contributed by atoms with Crippen LogP contribution in [0.4, 0.5) is 5.69 Å². The Balaban J connectivity index is 2.13. The summed E-state index contributed by atoms with van der Waals surface area (Å²) in [6.07, 6.45) is 3.93. The molecule has 1 aromatic carbocycles. The van der Waals surface area contributed by atoms with E-state index >= 15 is 0 Å². The summed E-state index contributed by atoms with van der Waals surface area (Å²) < 4.78 is 0. The van der Waals surface area contributed by atoms with Gasteiger partial charge in [-0.05, 0) is 24.0 Å². The number of unbranched alkanes of at least 4 members (excludes halogenated alkanes) is 1. The van der Waals surface area contributed by atoms with Crippen LogP contribution in [0.25, 0.3) is 0 Å². The minimum absolute atomic E-state index is 0.677. The van der Waals surface area contributed by atoms with Gasteiger partial charge in [-0.1, -0.05) is 44.9 Å². The third kappa shape index (κ3) is 3.26. The summed E-state index contributed by atoms with van der Waals surface area (Å²) in [5.74, 6) is 0.677. The molecule has 1 N–H and O–H groups in total. The summed E-state index contributed by atoms with van der Waals surface area (Å²) in [4.78, 5) is 2.54. The lowest BCUT2D eigenvalue weighted by molar-refractivity contribution is 0.580.